The van der Waals surface area contributed by atoms with E-state index < -0.39 is 0 Å². The molecule has 3 nitrogen and oxygen atoms in total. The van der Waals surface area contributed by atoms with Crippen LogP contribution >= 0.6 is 0 Å². The van der Waals surface area contributed by atoms with E-state index in [-0.39, 0.29) is 0 Å². The van der Waals surface area contributed by atoms with Crippen molar-refractivity contribution >= 4 is 5.69 Å². The lowest BCUT2D eigenvalue weighted by Crippen LogP contribution is -2.56. The lowest BCUT2D eigenvalue weighted by Gasteiger charge is -2.42. The second-order valence-electron chi connectivity index (χ2n) is 5.28. The summed E-state index contributed by atoms with van der Waals surface area (Å²) in [7, 11) is 1.76. The van der Waals surface area contributed by atoms with Gasteiger partial charge < -0.3 is 15.0 Å². The zero-order valence-electron chi connectivity index (χ0n) is 12.4. The number of hydrogen-bond donors (Lipinski definition) is 1. The molecule has 0 aromatic heterocycles. The predicted molar refractivity (Wildman–Crippen MR) is 81.1 cm³/mol. The van der Waals surface area contributed by atoms with Crippen LogP contribution in [0.15, 0.2) is 24.3 Å². The van der Waals surface area contributed by atoms with Crippen LogP contribution in [0.3, 0.4) is 0 Å². The van der Waals surface area contributed by atoms with Gasteiger partial charge in [-0.05, 0) is 25.0 Å². The highest BCUT2D eigenvalue weighted by Crippen LogP contribution is 2.31. The molecule has 1 aliphatic heterocycles. The van der Waals surface area contributed by atoms with E-state index in [0.717, 1.165) is 25.3 Å². The van der Waals surface area contributed by atoms with Crippen LogP contribution < -0.4 is 15.0 Å². The van der Waals surface area contributed by atoms with Gasteiger partial charge in [0.15, 0.2) is 0 Å². The number of rotatable bonds is 5. The second-order valence-corrected chi connectivity index (χ2v) is 5.28. The Morgan fingerprint density at radius 3 is 2.79 bits per heavy atom. The van der Waals surface area contributed by atoms with Crippen LogP contribution in [0.4, 0.5) is 5.69 Å². The number of benzene rings is 1. The van der Waals surface area contributed by atoms with Crippen molar-refractivity contribution in [1.82, 2.24) is 5.32 Å². The number of anilines is 1. The first-order valence-corrected chi connectivity index (χ1v) is 7.43. The molecule has 1 aliphatic rings. The van der Waals surface area contributed by atoms with Crippen LogP contribution in [0.25, 0.3) is 0 Å². The van der Waals surface area contributed by atoms with E-state index >= 15 is 0 Å². The number of hydrogen-bond acceptors (Lipinski definition) is 3. The second kappa shape index (κ2) is 6.80. The molecule has 1 fully saturated rings. The predicted octanol–water partition coefficient (Wildman–Crippen LogP) is 3.05. The summed E-state index contributed by atoms with van der Waals surface area (Å²) in [5, 5.41) is 3.68. The molecule has 0 radical (unpaired) electrons. The van der Waals surface area contributed by atoms with Crippen LogP contribution in [-0.4, -0.2) is 32.3 Å². The van der Waals surface area contributed by atoms with E-state index in [9.17, 15) is 0 Å². The van der Waals surface area contributed by atoms with Crippen molar-refractivity contribution in [2.75, 3.05) is 25.1 Å². The highest BCUT2D eigenvalue weighted by molar-refractivity contribution is 5.59. The molecule has 0 bridgehead atoms. The summed E-state index contributed by atoms with van der Waals surface area (Å²) < 4.78 is 5.52. The van der Waals surface area contributed by atoms with Crippen LogP contribution in [-0.2, 0) is 0 Å². The van der Waals surface area contributed by atoms with Crippen LogP contribution in [0.1, 0.15) is 33.1 Å². The van der Waals surface area contributed by atoms with Gasteiger partial charge in [-0.1, -0.05) is 32.4 Å². The zero-order valence-corrected chi connectivity index (χ0v) is 12.4. The van der Waals surface area contributed by atoms with E-state index in [2.05, 4.69) is 42.3 Å². The van der Waals surface area contributed by atoms with E-state index in [1.165, 1.54) is 18.5 Å². The maximum absolute atomic E-state index is 5.52. The maximum Gasteiger partial charge on any atom is 0.142 e. The lowest BCUT2D eigenvalue weighted by molar-refractivity contribution is 0.361. The minimum Gasteiger partial charge on any atom is -0.495 e. The van der Waals surface area contributed by atoms with Gasteiger partial charge in [0.1, 0.15) is 5.75 Å². The molecule has 0 saturated carbocycles. The van der Waals surface area contributed by atoms with Gasteiger partial charge >= 0.3 is 0 Å². The molecule has 3 heteroatoms. The summed E-state index contributed by atoms with van der Waals surface area (Å²) in [6.07, 6.45) is 3.63. The molecule has 1 aromatic rings. The third kappa shape index (κ3) is 3.21. The molecule has 1 heterocycles. The molecule has 0 spiro atoms. The summed E-state index contributed by atoms with van der Waals surface area (Å²) >= 11 is 0. The van der Waals surface area contributed by atoms with Crippen molar-refractivity contribution < 1.29 is 4.74 Å². The van der Waals surface area contributed by atoms with E-state index in [1.54, 1.807) is 7.11 Å². The summed E-state index contributed by atoms with van der Waals surface area (Å²) in [6, 6.07) is 9.52. The van der Waals surface area contributed by atoms with Crippen LogP contribution in [0, 0.1) is 0 Å². The molecule has 1 aromatic carbocycles. The van der Waals surface area contributed by atoms with E-state index in [0.29, 0.717) is 12.1 Å². The molecule has 2 rings (SSSR count). The van der Waals surface area contributed by atoms with Crippen LogP contribution in [0.2, 0.25) is 0 Å². The first-order chi connectivity index (χ1) is 9.30. The van der Waals surface area contributed by atoms with Gasteiger partial charge in [0.25, 0.3) is 0 Å². The highest BCUT2D eigenvalue weighted by atomic mass is 16.5. The van der Waals surface area contributed by atoms with Crippen molar-refractivity contribution in [2.45, 2.75) is 45.2 Å². The third-order valence-corrected chi connectivity index (χ3v) is 4.00. The van der Waals surface area contributed by atoms with Gasteiger partial charge in [0.2, 0.25) is 0 Å². The fourth-order valence-electron chi connectivity index (χ4n) is 2.93. The minimum atomic E-state index is 0.560. The topological polar surface area (TPSA) is 24.5 Å². The van der Waals surface area contributed by atoms with Crippen molar-refractivity contribution in [3.63, 3.8) is 0 Å². The molecular formula is C16H26N2O. The average Bonchev–Trinajstić information content (AvgIpc) is 2.47. The largest absolute Gasteiger partial charge is 0.495 e. The van der Waals surface area contributed by atoms with Gasteiger partial charge in [-0.15, -0.1) is 0 Å². The first kappa shape index (κ1) is 14.2. The Morgan fingerprint density at radius 1 is 1.32 bits per heavy atom. The Hall–Kier alpha value is -1.22. The number of nitrogens with one attached hydrogen (secondary N) is 1. The maximum atomic E-state index is 5.52. The van der Waals surface area contributed by atoms with E-state index in [1.807, 2.05) is 6.07 Å². The van der Waals surface area contributed by atoms with Crippen molar-refractivity contribution in [2.24, 2.45) is 0 Å². The number of ether oxygens (including phenoxy) is 1. The minimum absolute atomic E-state index is 0.560. The van der Waals surface area contributed by atoms with Crippen molar-refractivity contribution in [1.29, 1.82) is 0 Å². The SMILES string of the molecule is CCCC1CN(c2ccccc2OC)C(CC)CN1. The Bertz CT molecular complexity index is 394. The van der Waals surface area contributed by atoms with Gasteiger partial charge in [-0.25, -0.2) is 0 Å². The fourth-order valence-corrected chi connectivity index (χ4v) is 2.93. The Morgan fingerprint density at radius 2 is 2.11 bits per heavy atom. The molecule has 0 amide bonds. The van der Waals surface area contributed by atoms with Gasteiger partial charge in [-0.2, -0.15) is 0 Å². The van der Waals surface area contributed by atoms with Crippen molar-refractivity contribution in [3.05, 3.63) is 24.3 Å². The standard InChI is InChI=1S/C16H26N2O/c1-4-8-13-12-18(14(5-2)11-17-13)15-9-6-7-10-16(15)19-3/h6-7,9-10,13-14,17H,4-5,8,11-12H2,1-3H3. The Balaban J connectivity index is 2.22. The number of nitrogens with zero attached hydrogens (tertiary/aromatic N) is 1. The molecule has 1 N–H and O–H groups in total. The fraction of sp³-hybridized carbons (Fsp3) is 0.625. The zero-order chi connectivity index (χ0) is 13.7. The first-order valence-electron chi connectivity index (χ1n) is 7.43. The van der Waals surface area contributed by atoms with Crippen molar-refractivity contribution in [3.8, 4) is 5.75 Å². The molecule has 2 atom stereocenters. The smallest absolute Gasteiger partial charge is 0.142 e. The summed E-state index contributed by atoms with van der Waals surface area (Å²) in [5.74, 6) is 0.984. The Kier molecular flexibility index (Phi) is 5.08. The van der Waals surface area contributed by atoms with Gasteiger partial charge in [0.05, 0.1) is 12.8 Å². The third-order valence-electron chi connectivity index (χ3n) is 4.00. The molecule has 19 heavy (non-hydrogen) atoms. The number of methoxy groups -OCH3 is 1. The molecular weight excluding hydrogens is 236 g/mol. The molecule has 106 valence electrons. The van der Waals surface area contributed by atoms with E-state index in [4.69, 9.17) is 4.74 Å². The normalized spacial score (nSPS) is 23.4. The summed E-state index contributed by atoms with van der Waals surface area (Å²) in [4.78, 5) is 2.52. The lowest BCUT2D eigenvalue weighted by atomic mass is 10.0. The monoisotopic (exact) mass is 262 g/mol. The van der Waals surface area contributed by atoms with Gasteiger partial charge in [-0.3, -0.25) is 0 Å². The number of para-hydroxylation sites is 2. The Labute approximate surface area is 116 Å². The summed E-state index contributed by atoms with van der Waals surface area (Å²) in [6.45, 7) is 6.65. The average molecular weight is 262 g/mol. The summed E-state index contributed by atoms with van der Waals surface area (Å²) in [5.41, 5.74) is 1.24. The number of piperazine rings is 1. The van der Waals surface area contributed by atoms with Crippen LogP contribution in [0.5, 0.6) is 5.75 Å². The van der Waals surface area contributed by atoms with Gasteiger partial charge in [0, 0.05) is 25.2 Å². The molecule has 0 aliphatic carbocycles. The highest BCUT2D eigenvalue weighted by Gasteiger charge is 2.27. The quantitative estimate of drug-likeness (QED) is 0.882. The molecule has 2 unspecified atom stereocenters. The molecule has 1 saturated heterocycles.